The largest absolute Gasteiger partial charge is 0.635 e. The van der Waals surface area contributed by atoms with E-state index in [0.717, 1.165) is 6.07 Å². The van der Waals surface area contributed by atoms with Crippen molar-refractivity contribution in [3.05, 3.63) is 35.6 Å². The summed E-state index contributed by atoms with van der Waals surface area (Å²) in [6, 6.07) is 5.07. The van der Waals surface area contributed by atoms with Crippen LogP contribution in [-0.2, 0) is 9.45 Å². The summed E-state index contributed by atoms with van der Waals surface area (Å²) < 4.78 is 17.8. The van der Waals surface area contributed by atoms with Crippen molar-refractivity contribution < 1.29 is 28.7 Å². The molecular weight excluding hydrogens is 306 g/mol. The third kappa shape index (κ3) is 7.73. The predicted molar refractivity (Wildman–Crippen MR) is 81.4 cm³/mol. The fraction of sp³-hybridized carbons (Fsp3) is 0.429. The minimum atomic E-state index is -2.01. The molecule has 0 aromatic heterocycles. The molecule has 126 valence electrons. The fourth-order valence-corrected chi connectivity index (χ4v) is 1.85. The van der Waals surface area contributed by atoms with Crippen LogP contribution in [0.5, 0.6) is 0 Å². The molecule has 2 amide bonds. The standard InChI is InChI=1S/C14H20BFN2O5/c1-9(2)6-13(23-15(21)22)18-12(19)8-17-14(20)10-4-3-5-11(16)7-10/h3-5,7,9,13,21-22H,6,8H2,1-2H3,(H,17,20)(H,18,19)/t13-/m1/s1. The zero-order valence-electron chi connectivity index (χ0n) is 13.0. The minimum absolute atomic E-state index is 0.0959. The highest BCUT2D eigenvalue weighted by Crippen LogP contribution is 2.06. The van der Waals surface area contributed by atoms with Crippen LogP contribution in [0.1, 0.15) is 30.6 Å². The van der Waals surface area contributed by atoms with Gasteiger partial charge in [0, 0.05) is 5.56 Å². The smallest absolute Gasteiger partial charge is 0.402 e. The van der Waals surface area contributed by atoms with Gasteiger partial charge in [-0.2, -0.15) is 0 Å². The van der Waals surface area contributed by atoms with Gasteiger partial charge in [0.1, 0.15) is 12.0 Å². The van der Waals surface area contributed by atoms with Crippen LogP contribution in [0, 0.1) is 11.7 Å². The zero-order chi connectivity index (χ0) is 17.4. The number of nitrogens with one attached hydrogen (secondary N) is 2. The molecule has 0 heterocycles. The number of carbonyl (C=O) groups excluding carboxylic acids is 2. The van der Waals surface area contributed by atoms with Crippen LogP contribution in [0.2, 0.25) is 0 Å². The Morgan fingerprint density at radius 3 is 2.61 bits per heavy atom. The minimum Gasteiger partial charge on any atom is -0.402 e. The van der Waals surface area contributed by atoms with E-state index in [2.05, 4.69) is 10.6 Å². The maximum Gasteiger partial charge on any atom is 0.635 e. The molecule has 9 heteroatoms. The van der Waals surface area contributed by atoms with Gasteiger partial charge in [-0.1, -0.05) is 19.9 Å². The Morgan fingerprint density at radius 1 is 1.35 bits per heavy atom. The molecule has 1 rings (SSSR count). The van der Waals surface area contributed by atoms with E-state index in [-0.39, 0.29) is 18.0 Å². The van der Waals surface area contributed by atoms with E-state index in [9.17, 15) is 14.0 Å². The van der Waals surface area contributed by atoms with Crippen LogP contribution in [0.3, 0.4) is 0 Å². The summed E-state index contributed by atoms with van der Waals surface area (Å²) in [6.45, 7) is 3.39. The summed E-state index contributed by atoms with van der Waals surface area (Å²) in [5.74, 6) is -1.57. The van der Waals surface area contributed by atoms with E-state index in [1.165, 1.54) is 18.2 Å². The summed E-state index contributed by atoms with van der Waals surface area (Å²) in [5, 5.41) is 22.4. The van der Waals surface area contributed by atoms with Gasteiger partial charge in [0.05, 0.1) is 6.54 Å². The normalized spacial score (nSPS) is 11.9. The van der Waals surface area contributed by atoms with Crippen LogP contribution in [0.25, 0.3) is 0 Å². The SMILES string of the molecule is CC(C)C[C@H](NC(=O)CNC(=O)c1cccc(F)c1)OB(O)O. The average Bonchev–Trinajstić information content (AvgIpc) is 2.43. The molecule has 23 heavy (non-hydrogen) atoms. The third-order valence-electron chi connectivity index (χ3n) is 2.79. The third-order valence-corrected chi connectivity index (χ3v) is 2.79. The molecule has 0 saturated heterocycles. The first-order valence-corrected chi connectivity index (χ1v) is 7.12. The quantitative estimate of drug-likeness (QED) is 0.398. The zero-order valence-corrected chi connectivity index (χ0v) is 13.0. The lowest BCUT2D eigenvalue weighted by Crippen LogP contribution is -2.45. The van der Waals surface area contributed by atoms with E-state index in [1.54, 1.807) is 0 Å². The summed E-state index contributed by atoms with van der Waals surface area (Å²) in [6.07, 6.45) is -0.533. The Labute approximate surface area is 134 Å². The average molecular weight is 326 g/mol. The van der Waals surface area contributed by atoms with Crippen molar-refractivity contribution in [3.8, 4) is 0 Å². The lowest BCUT2D eigenvalue weighted by Gasteiger charge is -2.21. The highest BCUT2D eigenvalue weighted by molar-refractivity contribution is 6.32. The Balaban J connectivity index is 2.49. The highest BCUT2D eigenvalue weighted by atomic mass is 19.1. The van der Waals surface area contributed by atoms with Crippen LogP contribution < -0.4 is 10.6 Å². The molecule has 0 bridgehead atoms. The lowest BCUT2D eigenvalue weighted by molar-refractivity contribution is -0.123. The molecule has 0 unspecified atom stereocenters. The van der Waals surface area contributed by atoms with Gasteiger partial charge in [-0.3, -0.25) is 9.59 Å². The Kier molecular flexibility index (Phi) is 7.66. The van der Waals surface area contributed by atoms with Gasteiger partial charge < -0.3 is 25.3 Å². The monoisotopic (exact) mass is 326 g/mol. The number of hydrogen-bond donors (Lipinski definition) is 4. The molecule has 0 aliphatic heterocycles. The van der Waals surface area contributed by atoms with E-state index < -0.39 is 31.2 Å². The van der Waals surface area contributed by atoms with Crippen molar-refractivity contribution in [1.29, 1.82) is 0 Å². The van der Waals surface area contributed by atoms with Gasteiger partial charge in [-0.25, -0.2) is 4.39 Å². The van der Waals surface area contributed by atoms with E-state index in [1.807, 2.05) is 13.8 Å². The van der Waals surface area contributed by atoms with Crippen molar-refractivity contribution in [2.45, 2.75) is 26.5 Å². The summed E-state index contributed by atoms with van der Waals surface area (Å²) in [4.78, 5) is 23.5. The van der Waals surface area contributed by atoms with E-state index in [0.29, 0.717) is 6.42 Å². The van der Waals surface area contributed by atoms with Crippen LogP contribution in [-0.4, -0.2) is 42.0 Å². The highest BCUT2D eigenvalue weighted by Gasteiger charge is 2.21. The van der Waals surface area contributed by atoms with E-state index >= 15 is 0 Å². The Hall–Kier alpha value is -1.97. The molecule has 1 atom stereocenters. The van der Waals surface area contributed by atoms with Crippen molar-refractivity contribution in [3.63, 3.8) is 0 Å². The Morgan fingerprint density at radius 2 is 2.04 bits per heavy atom. The maximum atomic E-state index is 13.0. The molecule has 1 aromatic carbocycles. The van der Waals surface area contributed by atoms with E-state index in [4.69, 9.17) is 14.7 Å². The number of rotatable bonds is 8. The van der Waals surface area contributed by atoms with Gasteiger partial charge in [0.15, 0.2) is 0 Å². The second kappa shape index (κ2) is 9.24. The lowest BCUT2D eigenvalue weighted by atomic mass is 10.1. The predicted octanol–water partition coefficient (Wildman–Crippen LogP) is 0.0300. The Bertz CT molecular complexity index is 532. The second-order valence-electron chi connectivity index (χ2n) is 5.34. The van der Waals surface area contributed by atoms with Gasteiger partial charge >= 0.3 is 7.32 Å². The van der Waals surface area contributed by atoms with Crippen LogP contribution in [0.4, 0.5) is 4.39 Å². The molecule has 0 saturated carbocycles. The fourth-order valence-electron chi connectivity index (χ4n) is 1.85. The first-order valence-electron chi connectivity index (χ1n) is 7.12. The number of amides is 2. The molecule has 0 aliphatic rings. The number of halogens is 1. The van der Waals surface area contributed by atoms with Crippen molar-refractivity contribution in [2.24, 2.45) is 5.92 Å². The van der Waals surface area contributed by atoms with Gasteiger partial charge in [-0.15, -0.1) is 0 Å². The van der Waals surface area contributed by atoms with Crippen molar-refractivity contribution >= 4 is 19.1 Å². The molecule has 7 nitrogen and oxygen atoms in total. The number of carbonyl (C=O) groups is 2. The maximum absolute atomic E-state index is 13.0. The topological polar surface area (TPSA) is 108 Å². The molecule has 0 spiro atoms. The summed E-state index contributed by atoms with van der Waals surface area (Å²) in [7, 11) is -2.01. The molecule has 1 aromatic rings. The molecule has 0 radical (unpaired) electrons. The first-order chi connectivity index (χ1) is 10.8. The van der Waals surface area contributed by atoms with Crippen LogP contribution >= 0.6 is 0 Å². The number of hydrogen-bond acceptors (Lipinski definition) is 5. The molecular formula is C14H20BFN2O5. The van der Waals surface area contributed by atoms with Gasteiger partial charge in [0.25, 0.3) is 5.91 Å². The van der Waals surface area contributed by atoms with Gasteiger partial charge in [0.2, 0.25) is 5.91 Å². The molecule has 0 fully saturated rings. The summed E-state index contributed by atoms with van der Waals surface area (Å²) >= 11 is 0. The second-order valence-corrected chi connectivity index (χ2v) is 5.34. The molecule has 0 aliphatic carbocycles. The van der Waals surface area contributed by atoms with Crippen molar-refractivity contribution in [1.82, 2.24) is 10.6 Å². The number of benzene rings is 1. The van der Waals surface area contributed by atoms with Crippen LogP contribution in [0.15, 0.2) is 24.3 Å². The first kappa shape index (κ1) is 19.1. The van der Waals surface area contributed by atoms with Gasteiger partial charge in [-0.05, 0) is 30.5 Å². The summed E-state index contributed by atoms with van der Waals surface area (Å²) in [5.41, 5.74) is 0.0959. The van der Waals surface area contributed by atoms with Crippen molar-refractivity contribution in [2.75, 3.05) is 6.54 Å². The molecule has 4 N–H and O–H groups in total.